The molecular weight excluding hydrogens is 517 g/mol. The molecule has 0 radical (unpaired) electrons. The van der Waals surface area contributed by atoms with E-state index in [0.717, 1.165) is 13.1 Å². The molecule has 8 heteroatoms. The summed E-state index contributed by atoms with van der Waals surface area (Å²) >= 11 is 0. The minimum Gasteiger partial charge on any atom is -0.372 e. The highest BCUT2D eigenvalue weighted by molar-refractivity contribution is 14.0. The van der Waals surface area contributed by atoms with Gasteiger partial charge in [-0.25, -0.2) is 0 Å². The first kappa shape index (κ1) is 24.0. The molecule has 2 aliphatic heterocycles. The van der Waals surface area contributed by atoms with Gasteiger partial charge in [-0.15, -0.1) is 24.0 Å². The molecule has 2 aromatic rings. The van der Waals surface area contributed by atoms with E-state index < -0.39 is 0 Å². The maximum Gasteiger partial charge on any atom is 0.261 e. The van der Waals surface area contributed by atoms with Gasteiger partial charge in [0.2, 0.25) is 0 Å². The summed E-state index contributed by atoms with van der Waals surface area (Å²) in [6.45, 7) is 5.04. The van der Waals surface area contributed by atoms with Gasteiger partial charge in [0.1, 0.15) is 0 Å². The maximum atomic E-state index is 12.5. The van der Waals surface area contributed by atoms with Gasteiger partial charge >= 0.3 is 0 Å². The monoisotopic (exact) mass is 547 g/mol. The standard InChI is InChI=1S/C24H29N5O2.HI/c1-17(18-8-7-9-19(16-18)28-13-5-6-14-28)27-24(25-2)26-12-15-29-22(30)20-10-3-4-11-21(20)23(29)31;/h3-4,7-11,16-17H,5-6,12-15H2,1-2H3,(H2,25,26,27);1H. The molecule has 1 unspecified atom stereocenters. The van der Waals surface area contributed by atoms with E-state index in [1.165, 1.54) is 29.0 Å². The molecule has 0 bridgehead atoms. The Morgan fingerprint density at radius 2 is 1.69 bits per heavy atom. The van der Waals surface area contributed by atoms with Crippen LogP contribution in [0.1, 0.15) is 52.1 Å². The summed E-state index contributed by atoms with van der Waals surface area (Å²) in [5.74, 6) is 0.158. The summed E-state index contributed by atoms with van der Waals surface area (Å²) in [5, 5.41) is 6.61. The Kier molecular flexibility index (Phi) is 8.11. The number of aliphatic imine (C=N–C) groups is 1. The molecule has 0 saturated carbocycles. The van der Waals surface area contributed by atoms with Crippen LogP contribution in [0, 0.1) is 0 Å². The second-order valence-corrected chi connectivity index (χ2v) is 7.96. The number of imide groups is 1. The lowest BCUT2D eigenvalue weighted by atomic mass is 10.1. The van der Waals surface area contributed by atoms with Crippen molar-refractivity contribution in [2.45, 2.75) is 25.8 Å². The van der Waals surface area contributed by atoms with Crippen LogP contribution < -0.4 is 15.5 Å². The van der Waals surface area contributed by atoms with Gasteiger partial charge in [0.05, 0.1) is 17.2 Å². The van der Waals surface area contributed by atoms with E-state index in [0.29, 0.717) is 23.6 Å². The number of guanidine groups is 1. The molecule has 0 spiro atoms. The highest BCUT2D eigenvalue weighted by Crippen LogP contribution is 2.24. The molecule has 7 nitrogen and oxygen atoms in total. The van der Waals surface area contributed by atoms with E-state index in [-0.39, 0.29) is 48.4 Å². The van der Waals surface area contributed by atoms with Crippen LogP contribution in [0.5, 0.6) is 0 Å². The topological polar surface area (TPSA) is 77.0 Å². The maximum absolute atomic E-state index is 12.5. The molecule has 2 N–H and O–H groups in total. The quantitative estimate of drug-likeness (QED) is 0.251. The van der Waals surface area contributed by atoms with Crippen molar-refractivity contribution in [1.29, 1.82) is 0 Å². The molecule has 32 heavy (non-hydrogen) atoms. The van der Waals surface area contributed by atoms with Crippen molar-refractivity contribution in [2.24, 2.45) is 4.99 Å². The Labute approximate surface area is 206 Å². The third kappa shape index (κ3) is 5.06. The second-order valence-electron chi connectivity index (χ2n) is 7.96. The zero-order valence-electron chi connectivity index (χ0n) is 18.5. The van der Waals surface area contributed by atoms with Crippen molar-refractivity contribution >= 4 is 47.4 Å². The fourth-order valence-electron chi connectivity index (χ4n) is 4.18. The molecule has 0 aliphatic carbocycles. The number of hydrogen-bond donors (Lipinski definition) is 2. The lowest BCUT2D eigenvalue weighted by molar-refractivity contribution is 0.0657. The Morgan fingerprint density at radius 1 is 1.03 bits per heavy atom. The van der Waals surface area contributed by atoms with E-state index in [9.17, 15) is 9.59 Å². The Balaban J connectivity index is 0.00000289. The van der Waals surface area contributed by atoms with E-state index in [1.807, 2.05) is 0 Å². The largest absolute Gasteiger partial charge is 0.372 e. The SMILES string of the molecule is CN=C(NCCN1C(=O)c2ccccc2C1=O)NC(C)c1cccc(N2CCCC2)c1.I. The number of fused-ring (bicyclic) bond motifs is 1. The molecule has 2 amide bonds. The van der Waals surface area contributed by atoms with E-state index in [1.54, 1.807) is 31.3 Å². The van der Waals surface area contributed by atoms with E-state index in [2.05, 4.69) is 51.7 Å². The lowest BCUT2D eigenvalue weighted by Gasteiger charge is -2.22. The minimum atomic E-state index is -0.238. The van der Waals surface area contributed by atoms with Crippen LogP contribution in [0.3, 0.4) is 0 Å². The number of carbonyl (C=O) groups excluding carboxylic acids is 2. The lowest BCUT2D eigenvalue weighted by Crippen LogP contribution is -2.43. The molecule has 2 aliphatic rings. The highest BCUT2D eigenvalue weighted by Gasteiger charge is 2.34. The highest BCUT2D eigenvalue weighted by atomic mass is 127. The Morgan fingerprint density at radius 3 is 2.31 bits per heavy atom. The van der Waals surface area contributed by atoms with Crippen molar-refractivity contribution in [1.82, 2.24) is 15.5 Å². The summed E-state index contributed by atoms with van der Waals surface area (Å²) in [5.41, 5.74) is 3.40. The zero-order valence-corrected chi connectivity index (χ0v) is 20.8. The third-order valence-electron chi connectivity index (χ3n) is 5.92. The van der Waals surface area contributed by atoms with Crippen molar-refractivity contribution in [3.05, 3.63) is 65.2 Å². The number of nitrogens with one attached hydrogen (secondary N) is 2. The predicted molar refractivity (Wildman–Crippen MR) is 138 cm³/mol. The summed E-state index contributed by atoms with van der Waals surface area (Å²) in [6, 6.07) is 15.6. The molecule has 4 rings (SSSR count). The van der Waals surface area contributed by atoms with Crippen LogP contribution in [-0.4, -0.2) is 55.9 Å². The van der Waals surface area contributed by atoms with Gasteiger partial charge in [0.15, 0.2) is 5.96 Å². The number of rotatable bonds is 6. The second kappa shape index (κ2) is 10.8. The van der Waals surface area contributed by atoms with Gasteiger partial charge in [0.25, 0.3) is 11.8 Å². The molecule has 1 fully saturated rings. The van der Waals surface area contributed by atoms with E-state index >= 15 is 0 Å². The fraction of sp³-hybridized carbons (Fsp3) is 0.375. The van der Waals surface area contributed by atoms with Gasteiger partial charge < -0.3 is 15.5 Å². The minimum absolute atomic E-state index is 0. The molecule has 170 valence electrons. The van der Waals surface area contributed by atoms with Gasteiger partial charge in [-0.05, 0) is 49.6 Å². The number of nitrogens with zero attached hydrogens (tertiary/aromatic N) is 3. The first-order valence-electron chi connectivity index (χ1n) is 10.9. The van der Waals surface area contributed by atoms with Crippen LogP contribution in [0.15, 0.2) is 53.5 Å². The smallest absolute Gasteiger partial charge is 0.261 e. The molecule has 2 aromatic carbocycles. The number of amides is 2. The van der Waals surface area contributed by atoms with Crippen molar-refractivity contribution in [3.63, 3.8) is 0 Å². The summed E-state index contributed by atoms with van der Waals surface area (Å²) < 4.78 is 0. The van der Waals surface area contributed by atoms with Crippen LogP contribution in [0.2, 0.25) is 0 Å². The normalized spacial score (nSPS) is 16.6. The average Bonchev–Trinajstić information content (AvgIpc) is 3.42. The van der Waals surface area contributed by atoms with E-state index in [4.69, 9.17) is 0 Å². The van der Waals surface area contributed by atoms with Gasteiger partial charge in [-0.1, -0.05) is 24.3 Å². The number of carbonyl (C=O) groups is 2. The number of benzene rings is 2. The molecule has 2 heterocycles. The summed E-state index contributed by atoms with van der Waals surface area (Å²) in [7, 11) is 1.71. The van der Waals surface area contributed by atoms with Crippen molar-refractivity contribution in [3.8, 4) is 0 Å². The average molecular weight is 547 g/mol. The molecule has 0 aromatic heterocycles. The number of halogens is 1. The van der Waals surface area contributed by atoms with Crippen LogP contribution in [0.4, 0.5) is 5.69 Å². The predicted octanol–water partition coefficient (Wildman–Crippen LogP) is 3.43. The first-order chi connectivity index (χ1) is 15.1. The van der Waals surface area contributed by atoms with Crippen LogP contribution in [0.25, 0.3) is 0 Å². The first-order valence-corrected chi connectivity index (χ1v) is 10.9. The van der Waals surface area contributed by atoms with Crippen molar-refractivity contribution in [2.75, 3.05) is 38.1 Å². The van der Waals surface area contributed by atoms with Gasteiger partial charge in [-0.3, -0.25) is 19.5 Å². The van der Waals surface area contributed by atoms with Crippen LogP contribution >= 0.6 is 24.0 Å². The molecule has 1 saturated heterocycles. The number of hydrogen-bond acceptors (Lipinski definition) is 4. The molecular formula is C24H30IN5O2. The summed E-state index contributed by atoms with van der Waals surface area (Å²) in [4.78, 5) is 33.0. The van der Waals surface area contributed by atoms with Gasteiger partial charge in [0, 0.05) is 38.9 Å². The third-order valence-corrected chi connectivity index (χ3v) is 5.92. The Hall–Kier alpha value is -2.62. The number of anilines is 1. The molecule has 1 atom stereocenters. The van der Waals surface area contributed by atoms with Gasteiger partial charge in [-0.2, -0.15) is 0 Å². The summed E-state index contributed by atoms with van der Waals surface area (Å²) in [6.07, 6.45) is 2.50. The zero-order chi connectivity index (χ0) is 21.8. The Bertz CT molecular complexity index is 968. The van der Waals surface area contributed by atoms with Crippen LogP contribution in [-0.2, 0) is 0 Å². The van der Waals surface area contributed by atoms with Crippen molar-refractivity contribution < 1.29 is 9.59 Å². The fourth-order valence-corrected chi connectivity index (χ4v) is 4.18.